The van der Waals surface area contributed by atoms with Crippen molar-refractivity contribution in [2.75, 3.05) is 25.6 Å². The number of hydrazone groups is 1. The van der Waals surface area contributed by atoms with Gasteiger partial charge in [-0.05, 0) is 30.2 Å². The molecule has 0 unspecified atom stereocenters. The summed E-state index contributed by atoms with van der Waals surface area (Å²) in [5.41, 5.74) is 1.55. The molecule has 1 amide bonds. The van der Waals surface area contributed by atoms with Crippen molar-refractivity contribution in [3.63, 3.8) is 0 Å². The SMILES string of the molecule is CCCCOc1ccc(/C=N/NC(=O)CNc2n[nH]c(=O)[nH]c2=O)cc1OC. The first-order valence-electron chi connectivity index (χ1n) is 8.59. The van der Waals surface area contributed by atoms with Gasteiger partial charge >= 0.3 is 5.69 Å². The van der Waals surface area contributed by atoms with E-state index < -0.39 is 17.2 Å². The summed E-state index contributed by atoms with van der Waals surface area (Å²) in [6, 6.07) is 5.29. The van der Waals surface area contributed by atoms with Crippen LogP contribution in [0.25, 0.3) is 0 Å². The molecule has 1 heterocycles. The third-order valence-electron chi connectivity index (χ3n) is 3.47. The van der Waals surface area contributed by atoms with Crippen LogP contribution in [0.2, 0.25) is 0 Å². The molecule has 0 saturated carbocycles. The third kappa shape index (κ3) is 6.27. The molecule has 0 radical (unpaired) electrons. The summed E-state index contributed by atoms with van der Waals surface area (Å²) in [4.78, 5) is 36.1. The fourth-order valence-corrected chi connectivity index (χ4v) is 2.06. The van der Waals surface area contributed by atoms with Gasteiger partial charge < -0.3 is 14.8 Å². The Hall–Kier alpha value is -3.63. The molecule has 150 valence electrons. The number of rotatable bonds is 10. The first-order chi connectivity index (χ1) is 13.5. The Morgan fingerprint density at radius 1 is 1.32 bits per heavy atom. The molecule has 0 aliphatic rings. The van der Waals surface area contributed by atoms with Gasteiger partial charge in [0.2, 0.25) is 5.82 Å². The lowest BCUT2D eigenvalue weighted by atomic mass is 10.2. The van der Waals surface area contributed by atoms with Crippen molar-refractivity contribution in [2.24, 2.45) is 5.10 Å². The Labute approximate surface area is 160 Å². The van der Waals surface area contributed by atoms with Gasteiger partial charge in [0.1, 0.15) is 0 Å². The number of aromatic nitrogens is 3. The van der Waals surface area contributed by atoms with Gasteiger partial charge in [0.05, 0.1) is 26.5 Å². The highest BCUT2D eigenvalue weighted by Gasteiger charge is 2.06. The lowest BCUT2D eigenvalue weighted by Crippen LogP contribution is -2.31. The number of anilines is 1. The average Bonchev–Trinajstić information content (AvgIpc) is 2.68. The van der Waals surface area contributed by atoms with E-state index >= 15 is 0 Å². The van der Waals surface area contributed by atoms with Crippen LogP contribution in [0.3, 0.4) is 0 Å². The summed E-state index contributed by atoms with van der Waals surface area (Å²) in [5, 5.41) is 11.9. The molecule has 0 saturated heterocycles. The number of benzene rings is 1. The Balaban J connectivity index is 1.88. The molecule has 2 rings (SSSR count). The molecule has 2 aromatic rings. The summed E-state index contributed by atoms with van der Waals surface area (Å²) in [6.07, 6.45) is 3.43. The predicted molar refractivity (Wildman–Crippen MR) is 103 cm³/mol. The predicted octanol–water partition coefficient (Wildman–Crippen LogP) is 0.208. The maximum atomic E-state index is 11.8. The average molecular weight is 390 g/mol. The topological polar surface area (TPSA) is 151 Å². The largest absolute Gasteiger partial charge is 0.493 e. The fourth-order valence-electron chi connectivity index (χ4n) is 2.06. The van der Waals surface area contributed by atoms with Crippen molar-refractivity contribution < 1.29 is 14.3 Å². The van der Waals surface area contributed by atoms with Crippen LogP contribution in [0.5, 0.6) is 11.5 Å². The van der Waals surface area contributed by atoms with Crippen LogP contribution in [0.4, 0.5) is 5.82 Å². The number of H-pyrrole nitrogens is 2. The normalized spacial score (nSPS) is 10.6. The van der Waals surface area contributed by atoms with Crippen LogP contribution in [0.1, 0.15) is 25.3 Å². The number of amides is 1. The van der Waals surface area contributed by atoms with Crippen LogP contribution in [-0.2, 0) is 4.79 Å². The molecule has 1 aromatic heterocycles. The first-order valence-corrected chi connectivity index (χ1v) is 8.59. The number of nitrogens with zero attached hydrogens (tertiary/aromatic N) is 2. The Morgan fingerprint density at radius 3 is 2.86 bits per heavy atom. The molecule has 1 aromatic carbocycles. The van der Waals surface area contributed by atoms with Crippen LogP contribution in [-0.4, -0.2) is 47.6 Å². The molecule has 28 heavy (non-hydrogen) atoms. The van der Waals surface area contributed by atoms with Crippen LogP contribution < -0.4 is 31.5 Å². The number of unbranched alkanes of at least 4 members (excludes halogenated alkanes) is 1. The van der Waals surface area contributed by atoms with E-state index in [1.165, 1.54) is 6.21 Å². The second-order valence-corrected chi connectivity index (χ2v) is 5.61. The van der Waals surface area contributed by atoms with E-state index in [4.69, 9.17) is 9.47 Å². The minimum atomic E-state index is -0.734. The zero-order valence-electron chi connectivity index (χ0n) is 15.6. The Kier molecular flexibility index (Phi) is 7.76. The molecule has 11 heteroatoms. The van der Waals surface area contributed by atoms with Gasteiger partial charge in [-0.2, -0.15) is 5.10 Å². The lowest BCUT2D eigenvalue weighted by Gasteiger charge is -2.10. The highest BCUT2D eigenvalue weighted by molar-refractivity contribution is 5.84. The molecule has 0 atom stereocenters. The second-order valence-electron chi connectivity index (χ2n) is 5.61. The Morgan fingerprint density at radius 2 is 2.14 bits per heavy atom. The third-order valence-corrected chi connectivity index (χ3v) is 3.47. The van der Waals surface area contributed by atoms with Crippen molar-refractivity contribution in [3.8, 4) is 11.5 Å². The molecule has 0 aliphatic heterocycles. The maximum absolute atomic E-state index is 11.8. The quantitative estimate of drug-likeness (QED) is 0.257. The monoisotopic (exact) mass is 390 g/mol. The van der Waals surface area contributed by atoms with Crippen molar-refractivity contribution in [3.05, 3.63) is 44.6 Å². The van der Waals surface area contributed by atoms with E-state index in [9.17, 15) is 14.4 Å². The van der Waals surface area contributed by atoms with Gasteiger partial charge in [-0.3, -0.25) is 14.6 Å². The zero-order chi connectivity index (χ0) is 20.4. The minimum Gasteiger partial charge on any atom is -0.493 e. The van der Waals surface area contributed by atoms with Crippen molar-refractivity contribution >= 4 is 17.9 Å². The number of nitrogens with one attached hydrogen (secondary N) is 4. The van der Waals surface area contributed by atoms with Gasteiger partial charge in [-0.25, -0.2) is 15.3 Å². The number of carbonyl (C=O) groups excluding carboxylic acids is 1. The highest BCUT2D eigenvalue weighted by Crippen LogP contribution is 2.27. The van der Waals surface area contributed by atoms with Gasteiger partial charge in [0, 0.05) is 0 Å². The van der Waals surface area contributed by atoms with Gasteiger partial charge in [-0.15, -0.1) is 5.10 Å². The number of methoxy groups -OCH3 is 1. The van der Waals surface area contributed by atoms with E-state index in [1.807, 2.05) is 4.98 Å². The molecular weight excluding hydrogens is 368 g/mol. The van der Waals surface area contributed by atoms with Crippen molar-refractivity contribution in [1.29, 1.82) is 0 Å². The fraction of sp³-hybridized carbons (Fsp3) is 0.353. The van der Waals surface area contributed by atoms with Crippen LogP contribution in [0, 0.1) is 0 Å². The van der Waals surface area contributed by atoms with Crippen LogP contribution in [0.15, 0.2) is 32.9 Å². The van der Waals surface area contributed by atoms with Crippen molar-refractivity contribution in [1.82, 2.24) is 20.6 Å². The van der Waals surface area contributed by atoms with E-state index in [0.29, 0.717) is 23.7 Å². The number of hydrogen-bond acceptors (Lipinski definition) is 8. The van der Waals surface area contributed by atoms with Gasteiger partial charge in [0.25, 0.3) is 11.5 Å². The molecule has 4 N–H and O–H groups in total. The van der Waals surface area contributed by atoms with Gasteiger partial charge in [-0.1, -0.05) is 13.3 Å². The summed E-state index contributed by atoms with van der Waals surface area (Å²) >= 11 is 0. The van der Waals surface area contributed by atoms with E-state index in [2.05, 4.69) is 33.0 Å². The molecule has 0 aliphatic carbocycles. The summed E-state index contributed by atoms with van der Waals surface area (Å²) < 4.78 is 11.0. The van der Waals surface area contributed by atoms with E-state index in [1.54, 1.807) is 25.3 Å². The second kappa shape index (κ2) is 10.5. The lowest BCUT2D eigenvalue weighted by molar-refractivity contribution is -0.119. The van der Waals surface area contributed by atoms with E-state index in [0.717, 1.165) is 12.8 Å². The number of aromatic amines is 2. The van der Waals surface area contributed by atoms with E-state index in [-0.39, 0.29) is 12.4 Å². The number of ether oxygens (including phenoxy) is 2. The summed E-state index contributed by atoms with van der Waals surface area (Å²) in [5.74, 6) is 0.522. The molecular formula is C17H22N6O5. The number of carbonyl (C=O) groups is 1. The standard InChI is InChI=1S/C17H22N6O5/c1-3-4-7-28-12-6-5-11(8-13(12)27-2)9-19-21-14(24)10-18-15-16(25)20-17(26)23-22-15/h5-6,8-9H,3-4,7,10H2,1-2H3,(H,18,22)(H,21,24)(H2,20,23,25,26)/b19-9+. The highest BCUT2D eigenvalue weighted by atomic mass is 16.5. The van der Waals surface area contributed by atoms with Crippen LogP contribution >= 0.6 is 0 Å². The minimum absolute atomic E-state index is 0.179. The smallest absolute Gasteiger partial charge is 0.342 e. The molecule has 11 nitrogen and oxygen atoms in total. The molecule has 0 fully saturated rings. The van der Waals surface area contributed by atoms with Crippen molar-refractivity contribution in [2.45, 2.75) is 19.8 Å². The summed E-state index contributed by atoms with van der Waals surface area (Å²) in [7, 11) is 1.54. The first kappa shape index (κ1) is 20.7. The number of hydrogen-bond donors (Lipinski definition) is 4. The van der Waals surface area contributed by atoms with Gasteiger partial charge in [0.15, 0.2) is 11.5 Å². The Bertz CT molecular complexity index is 936. The summed E-state index contributed by atoms with van der Waals surface area (Å²) in [6.45, 7) is 2.43. The molecule has 0 bridgehead atoms. The maximum Gasteiger partial charge on any atom is 0.342 e. The molecule has 0 spiro atoms. The zero-order valence-corrected chi connectivity index (χ0v) is 15.6.